The molecule has 92 valence electrons. The third-order valence-corrected chi connectivity index (χ3v) is 4.65. The molecule has 0 aromatic rings. The predicted molar refractivity (Wildman–Crippen MR) is 73.1 cm³/mol. The minimum atomic E-state index is 0.424. The van der Waals surface area contributed by atoms with E-state index in [-0.39, 0.29) is 0 Å². The Morgan fingerprint density at radius 1 is 1.38 bits per heavy atom. The van der Waals surface area contributed by atoms with Crippen LogP contribution in [0.4, 0.5) is 0 Å². The Kier molecular flexibility index (Phi) is 7.75. The van der Waals surface area contributed by atoms with Gasteiger partial charge < -0.3 is 0 Å². The summed E-state index contributed by atoms with van der Waals surface area (Å²) >= 11 is 2.10. The molecule has 3 N–H and O–H groups in total. The standard InChI is InChI=1S/C13H24N2S/c1-2-3-5-8-12(15-14)11-16-13-9-6-4-7-10-13/h12-13,15H,4-11,14H2,1H3. The Morgan fingerprint density at radius 2 is 2.12 bits per heavy atom. The first-order chi connectivity index (χ1) is 7.86. The van der Waals surface area contributed by atoms with Gasteiger partial charge in [-0.05, 0) is 26.2 Å². The molecule has 1 fully saturated rings. The minimum Gasteiger partial charge on any atom is -0.271 e. The van der Waals surface area contributed by atoms with Crippen molar-refractivity contribution < 1.29 is 0 Å². The number of hydrogen-bond donors (Lipinski definition) is 2. The van der Waals surface area contributed by atoms with Gasteiger partial charge in [0.25, 0.3) is 0 Å². The highest BCUT2D eigenvalue weighted by Gasteiger charge is 2.15. The van der Waals surface area contributed by atoms with Crippen LogP contribution in [0.15, 0.2) is 0 Å². The molecule has 1 aliphatic rings. The zero-order valence-electron chi connectivity index (χ0n) is 10.3. The summed E-state index contributed by atoms with van der Waals surface area (Å²) in [5.41, 5.74) is 2.91. The van der Waals surface area contributed by atoms with Crippen LogP contribution in [0, 0.1) is 11.8 Å². The molecule has 0 heterocycles. The molecule has 1 atom stereocenters. The smallest absolute Gasteiger partial charge is 0.0310 e. The van der Waals surface area contributed by atoms with Crippen LogP contribution < -0.4 is 11.3 Å². The van der Waals surface area contributed by atoms with Gasteiger partial charge in [-0.25, -0.2) is 0 Å². The fourth-order valence-electron chi connectivity index (χ4n) is 2.07. The van der Waals surface area contributed by atoms with Crippen molar-refractivity contribution in [2.24, 2.45) is 5.84 Å². The molecule has 0 bridgehead atoms. The fraction of sp³-hybridized carbons (Fsp3) is 0.846. The normalized spacial score (nSPS) is 18.9. The summed E-state index contributed by atoms with van der Waals surface area (Å²) in [6.07, 6.45) is 9.09. The summed E-state index contributed by atoms with van der Waals surface area (Å²) < 4.78 is 0. The monoisotopic (exact) mass is 240 g/mol. The van der Waals surface area contributed by atoms with E-state index in [1.165, 1.54) is 32.1 Å². The molecule has 0 saturated heterocycles. The molecule has 1 aliphatic carbocycles. The van der Waals surface area contributed by atoms with Gasteiger partial charge in [-0.2, -0.15) is 11.8 Å². The van der Waals surface area contributed by atoms with Crippen molar-refractivity contribution in [3.05, 3.63) is 0 Å². The SMILES string of the molecule is CC#CCCC(CSC1CCCCC1)NN. The van der Waals surface area contributed by atoms with E-state index < -0.39 is 0 Å². The first kappa shape index (κ1) is 13.9. The molecular weight excluding hydrogens is 216 g/mol. The van der Waals surface area contributed by atoms with Crippen molar-refractivity contribution in [1.29, 1.82) is 0 Å². The van der Waals surface area contributed by atoms with Crippen LogP contribution in [0.2, 0.25) is 0 Å². The number of nitrogens with one attached hydrogen (secondary N) is 1. The largest absolute Gasteiger partial charge is 0.271 e. The zero-order chi connectivity index (χ0) is 11.6. The topological polar surface area (TPSA) is 38.0 Å². The second-order valence-corrected chi connectivity index (χ2v) is 5.76. The van der Waals surface area contributed by atoms with Crippen LogP contribution in [-0.2, 0) is 0 Å². The van der Waals surface area contributed by atoms with Gasteiger partial charge >= 0.3 is 0 Å². The molecule has 0 radical (unpaired) electrons. The molecule has 0 spiro atoms. The van der Waals surface area contributed by atoms with E-state index in [9.17, 15) is 0 Å². The lowest BCUT2D eigenvalue weighted by Crippen LogP contribution is -2.37. The van der Waals surface area contributed by atoms with Gasteiger partial charge in [-0.15, -0.1) is 11.8 Å². The minimum absolute atomic E-state index is 0.424. The Labute approximate surface area is 104 Å². The molecular formula is C13H24N2S. The summed E-state index contributed by atoms with van der Waals surface area (Å²) in [7, 11) is 0. The van der Waals surface area contributed by atoms with Crippen molar-refractivity contribution in [2.75, 3.05) is 5.75 Å². The number of nitrogens with two attached hydrogens (primary N) is 1. The van der Waals surface area contributed by atoms with Crippen LogP contribution in [0.5, 0.6) is 0 Å². The summed E-state index contributed by atoms with van der Waals surface area (Å²) in [5.74, 6) is 12.7. The lowest BCUT2D eigenvalue weighted by molar-refractivity contribution is 0.510. The summed E-state index contributed by atoms with van der Waals surface area (Å²) in [5, 5.41) is 0.877. The molecule has 0 aromatic carbocycles. The number of thioether (sulfide) groups is 1. The van der Waals surface area contributed by atoms with Crippen molar-refractivity contribution in [3.8, 4) is 11.8 Å². The van der Waals surface area contributed by atoms with E-state index in [4.69, 9.17) is 5.84 Å². The van der Waals surface area contributed by atoms with E-state index in [1.54, 1.807) is 0 Å². The van der Waals surface area contributed by atoms with Gasteiger partial charge in [0.15, 0.2) is 0 Å². The lowest BCUT2D eigenvalue weighted by atomic mass is 10.0. The van der Waals surface area contributed by atoms with Crippen LogP contribution in [0.25, 0.3) is 0 Å². The Bertz CT molecular complexity index is 226. The molecule has 0 amide bonds. The highest BCUT2D eigenvalue weighted by molar-refractivity contribution is 7.99. The van der Waals surface area contributed by atoms with Crippen molar-refractivity contribution >= 4 is 11.8 Å². The highest BCUT2D eigenvalue weighted by Crippen LogP contribution is 2.28. The van der Waals surface area contributed by atoms with Gasteiger partial charge in [0.1, 0.15) is 0 Å². The van der Waals surface area contributed by atoms with Gasteiger partial charge in [-0.1, -0.05) is 19.3 Å². The summed E-state index contributed by atoms with van der Waals surface area (Å²) in [6.45, 7) is 1.89. The van der Waals surface area contributed by atoms with Crippen molar-refractivity contribution in [2.45, 2.75) is 63.2 Å². The van der Waals surface area contributed by atoms with Gasteiger partial charge in [0.05, 0.1) is 0 Å². The first-order valence-corrected chi connectivity index (χ1v) is 7.39. The van der Waals surface area contributed by atoms with E-state index in [2.05, 4.69) is 29.0 Å². The molecule has 3 heteroatoms. The van der Waals surface area contributed by atoms with Gasteiger partial charge in [-0.3, -0.25) is 11.3 Å². The predicted octanol–water partition coefficient (Wildman–Crippen LogP) is 2.69. The fourth-order valence-corrected chi connectivity index (χ4v) is 3.50. The number of hydrazine groups is 1. The number of rotatable bonds is 6. The third-order valence-electron chi connectivity index (χ3n) is 3.12. The van der Waals surface area contributed by atoms with E-state index in [0.717, 1.165) is 23.8 Å². The maximum atomic E-state index is 5.56. The summed E-state index contributed by atoms with van der Waals surface area (Å²) in [6, 6.07) is 0.424. The second kappa shape index (κ2) is 8.92. The van der Waals surface area contributed by atoms with Crippen LogP contribution >= 0.6 is 11.8 Å². The van der Waals surface area contributed by atoms with E-state index >= 15 is 0 Å². The van der Waals surface area contributed by atoms with Gasteiger partial charge in [0, 0.05) is 23.5 Å². The maximum Gasteiger partial charge on any atom is 0.0310 e. The molecule has 1 rings (SSSR count). The molecule has 0 aliphatic heterocycles. The zero-order valence-corrected chi connectivity index (χ0v) is 11.1. The molecule has 0 aromatic heterocycles. The van der Waals surface area contributed by atoms with Crippen LogP contribution in [0.3, 0.4) is 0 Å². The molecule has 1 saturated carbocycles. The molecule has 2 nitrogen and oxygen atoms in total. The van der Waals surface area contributed by atoms with Crippen LogP contribution in [-0.4, -0.2) is 17.0 Å². The first-order valence-electron chi connectivity index (χ1n) is 6.34. The van der Waals surface area contributed by atoms with Crippen molar-refractivity contribution in [1.82, 2.24) is 5.43 Å². The average molecular weight is 240 g/mol. The Balaban J connectivity index is 2.13. The summed E-state index contributed by atoms with van der Waals surface area (Å²) in [4.78, 5) is 0. The van der Waals surface area contributed by atoms with Gasteiger partial charge in [0.2, 0.25) is 0 Å². The van der Waals surface area contributed by atoms with Crippen molar-refractivity contribution in [3.63, 3.8) is 0 Å². The lowest BCUT2D eigenvalue weighted by Gasteiger charge is -2.23. The highest BCUT2D eigenvalue weighted by atomic mass is 32.2. The Hall–Kier alpha value is -0.170. The maximum absolute atomic E-state index is 5.56. The second-order valence-electron chi connectivity index (χ2n) is 4.42. The Morgan fingerprint density at radius 3 is 2.75 bits per heavy atom. The average Bonchev–Trinajstić information content (AvgIpc) is 2.35. The van der Waals surface area contributed by atoms with Crippen LogP contribution in [0.1, 0.15) is 51.9 Å². The third kappa shape index (κ3) is 5.79. The van der Waals surface area contributed by atoms with E-state index in [1.807, 2.05) is 6.92 Å². The quantitative estimate of drug-likeness (QED) is 0.426. The van der Waals surface area contributed by atoms with E-state index in [0.29, 0.717) is 6.04 Å². The number of hydrogen-bond acceptors (Lipinski definition) is 3. The molecule has 1 unspecified atom stereocenters. The molecule has 16 heavy (non-hydrogen) atoms.